The van der Waals surface area contributed by atoms with Gasteiger partial charge >= 0.3 is 0 Å². The van der Waals surface area contributed by atoms with Crippen molar-refractivity contribution in [2.45, 2.75) is 13.5 Å². The Labute approximate surface area is 182 Å². The number of halogens is 1. The number of benzene rings is 1. The van der Waals surface area contributed by atoms with Crippen molar-refractivity contribution in [3.05, 3.63) is 71.1 Å². The van der Waals surface area contributed by atoms with Gasteiger partial charge < -0.3 is 5.32 Å². The van der Waals surface area contributed by atoms with Crippen molar-refractivity contribution in [2.75, 3.05) is 11.9 Å². The first-order chi connectivity index (χ1) is 14.4. The van der Waals surface area contributed by atoms with Crippen LogP contribution in [0.2, 0.25) is 5.02 Å². The van der Waals surface area contributed by atoms with Crippen molar-refractivity contribution in [1.29, 1.82) is 0 Å². The molecule has 4 aromatic rings. The summed E-state index contributed by atoms with van der Waals surface area (Å²) in [6.07, 6.45) is 3.51. The van der Waals surface area contributed by atoms with Gasteiger partial charge in [-0.3, -0.25) is 18.9 Å². The van der Waals surface area contributed by atoms with Crippen molar-refractivity contribution < 1.29 is 9.59 Å². The Bertz CT molecular complexity index is 1230. The lowest BCUT2D eigenvalue weighted by atomic mass is 10.2. The smallest absolute Gasteiger partial charge is 0.272 e. The molecule has 152 valence electrons. The van der Waals surface area contributed by atoms with E-state index >= 15 is 0 Å². The van der Waals surface area contributed by atoms with Crippen LogP contribution in [0.1, 0.15) is 23.0 Å². The average Bonchev–Trinajstić information content (AvgIpc) is 3.37. The number of anilines is 1. The van der Waals surface area contributed by atoms with Gasteiger partial charge in [0.2, 0.25) is 5.91 Å². The van der Waals surface area contributed by atoms with Gasteiger partial charge in [0.15, 0.2) is 16.6 Å². The molecule has 1 N–H and O–H groups in total. The van der Waals surface area contributed by atoms with Crippen molar-refractivity contribution in [1.82, 2.24) is 19.7 Å². The first-order valence-corrected chi connectivity index (χ1v) is 10.3. The summed E-state index contributed by atoms with van der Waals surface area (Å²) in [6.45, 7) is 1.85. The van der Waals surface area contributed by atoms with Crippen LogP contribution >= 0.6 is 22.9 Å². The van der Waals surface area contributed by atoms with Crippen molar-refractivity contribution in [3.63, 3.8) is 0 Å². The van der Waals surface area contributed by atoms with Crippen LogP contribution in [0.4, 0.5) is 5.13 Å². The van der Waals surface area contributed by atoms with E-state index in [9.17, 15) is 9.59 Å². The molecule has 0 radical (unpaired) electrons. The van der Waals surface area contributed by atoms with Crippen LogP contribution in [-0.4, -0.2) is 33.2 Å². The van der Waals surface area contributed by atoms with E-state index in [1.54, 1.807) is 25.4 Å². The maximum Gasteiger partial charge on any atom is 0.272 e. The summed E-state index contributed by atoms with van der Waals surface area (Å²) in [6, 6.07) is 12.9. The van der Waals surface area contributed by atoms with Gasteiger partial charge in [0, 0.05) is 31.7 Å². The minimum Gasteiger partial charge on any atom is -0.347 e. The zero-order chi connectivity index (χ0) is 21.3. The monoisotopic (exact) mass is 439 g/mol. The minimum absolute atomic E-state index is 0.105. The zero-order valence-electron chi connectivity index (χ0n) is 16.3. The van der Waals surface area contributed by atoms with Crippen LogP contribution in [-0.2, 0) is 11.3 Å². The van der Waals surface area contributed by atoms with Crippen LogP contribution in [0.25, 0.3) is 16.2 Å². The number of rotatable bonds is 5. The molecule has 0 saturated carbocycles. The van der Waals surface area contributed by atoms with Crippen LogP contribution in [0.5, 0.6) is 0 Å². The van der Waals surface area contributed by atoms with E-state index in [1.165, 1.54) is 23.2 Å². The Morgan fingerprint density at radius 2 is 1.97 bits per heavy atom. The molecule has 30 heavy (non-hydrogen) atoms. The van der Waals surface area contributed by atoms with Gasteiger partial charge in [-0.15, -0.1) is 0 Å². The number of nitrogens with zero attached hydrogens (tertiary/aromatic N) is 4. The second-order valence-electron chi connectivity index (χ2n) is 6.63. The maximum absolute atomic E-state index is 12.9. The fraction of sp³-hybridized carbons (Fsp3) is 0.143. The lowest BCUT2D eigenvalue weighted by Gasteiger charge is -2.09. The molecule has 9 heteroatoms. The van der Waals surface area contributed by atoms with Gasteiger partial charge in [0.05, 0.1) is 16.6 Å². The van der Waals surface area contributed by atoms with Crippen molar-refractivity contribution >= 4 is 45.4 Å². The van der Waals surface area contributed by atoms with E-state index < -0.39 is 0 Å². The topological polar surface area (TPSA) is 79.6 Å². The number of thiazole rings is 1. The molecular weight excluding hydrogens is 422 g/mol. The molecule has 0 fully saturated rings. The number of carbonyl (C=O) groups is 2. The van der Waals surface area contributed by atoms with E-state index in [2.05, 4.69) is 15.3 Å². The Balaban J connectivity index is 1.64. The summed E-state index contributed by atoms with van der Waals surface area (Å²) < 4.78 is 1.85. The van der Waals surface area contributed by atoms with Crippen LogP contribution in [0.3, 0.4) is 0 Å². The summed E-state index contributed by atoms with van der Waals surface area (Å²) in [7, 11) is 1.67. The molecular formula is C21H18ClN5O2S. The summed E-state index contributed by atoms with van der Waals surface area (Å²) in [5, 5.41) is 4.12. The molecule has 7 nitrogen and oxygen atoms in total. The number of pyridine rings is 1. The highest BCUT2D eigenvalue weighted by molar-refractivity contribution is 7.19. The van der Waals surface area contributed by atoms with Crippen LogP contribution in [0.15, 0.2) is 54.9 Å². The fourth-order valence-corrected chi connectivity index (χ4v) is 3.94. The second-order valence-corrected chi connectivity index (χ2v) is 8.08. The molecule has 0 atom stereocenters. The third-order valence-electron chi connectivity index (χ3n) is 4.60. The average molecular weight is 440 g/mol. The minimum atomic E-state index is -0.273. The molecule has 0 saturated heterocycles. The quantitative estimate of drug-likeness (QED) is 0.509. The molecule has 0 unspecified atom stereocenters. The SMILES string of the molecule is CC(=O)N(C)c1ncc(-c2nc(C(=O)NCc3ccc(Cl)cc3)c3ccccn23)s1. The third kappa shape index (κ3) is 3.92. The van der Waals surface area contributed by atoms with Crippen LogP contribution < -0.4 is 10.2 Å². The first-order valence-electron chi connectivity index (χ1n) is 9.14. The summed E-state index contributed by atoms with van der Waals surface area (Å²) in [5.74, 6) is 0.222. The van der Waals surface area contributed by atoms with Crippen LogP contribution in [0, 0.1) is 0 Å². The molecule has 0 aliphatic heterocycles. The predicted molar refractivity (Wildman–Crippen MR) is 118 cm³/mol. The Kier molecular flexibility index (Phi) is 5.52. The molecule has 3 aromatic heterocycles. The van der Waals surface area contributed by atoms with Gasteiger partial charge in [-0.25, -0.2) is 9.97 Å². The maximum atomic E-state index is 12.9. The van der Waals surface area contributed by atoms with E-state index in [1.807, 2.05) is 40.9 Å². The molecule has 0 aliphatic rings. The Hall–Kier alpha value is -3.23. The normalized spacial score (nSPS) is 10.9. The largest absolute Gasteiger partial charge is 0.347 e. The summed E-state index contributed by atoms with van der Waals surface area (Å²) >= 11 is 7.25. The Morgan fingerprint density at radius 1 is 1.20 bits per heavy atom. The lowest BCUT2D eigenvalue weighted by Crippen LogP contribution is -2.23. The number of aromatic nitrogens is 3. The van der Waals surface area contributed by atoms with Crippen molar-refractivity contribution in [3.8, 4) is 10.7 Å². The summed E-state index contributed by atoms with van der Waals surface area (Å²) in [5.41, 5.74) is 1.96. The second kappa shape index (κ2) is 8.25. The Morgan fingerprint density at radius 3 is 2.70 bits per heavy atom. The van der Waals surface area contributed by atoms with Gasteiger partial charge in [-0.1, -0.05) is 41.1 Å². The number of hydrogen-bond donors (Lipinski definition) is 1. The highest BCUT2D eigenvalue weighted by Gasteiger charge is 2.20. The van der Waals surface area contributed by atoms with E-state index in [0.717, 1.165) is 10.4 Å². The standard InChI is InChI=1S/C21H18ClN5O2S/c1-13(28)26(2)21-24-12-17(30-21)19-25-18(16-5-3-4-10-27(16)19)20(29)23-11-14-6-8-15(22)9-7-14/h3-10,12H,11H2,1-2H3,(H,23,29). The number of fused-ring (bicyclic) bond motifs is 1. The van der Waals surface area contributed by atoms with Gasteiger partial charge in [-0.2, -0.15) is 0 Å². The van der Waals surface area contributed by atoms with E-state index in [-0.39, 0.29) is 11.8 Å². The third-order valence-corrected chi connectivity index (χ3v) is 5.92. The first kappa shape index (κ1) is 20.1. The number of carbonyl (C=O) groups excluding carboxylic acids is 2. The number of nitrogens with one attached hydrogen (secondary N) is 1. The lowest BCUT2D eigenvalue weighted by molar-refractivity contribution is -0.116. The predicted octanol–water partition coefficient (Wildman–Crippen LogP) is 4.02. The number of hydrogen-bond acceptors (Lipinski definition) is 5. The molecule has 2 amide bonds. The molecule has 0 spiro atoms. The van der Waals surface area contributed by atoms with E-state index in [0.29, 0.717) is 33.7 Å². The molecule has 3 heterocycles. The van der Waals surface area contributed by atoms with Gasteiger partial charge in [0.25, 0.3) is 5.91 Å². The molecule has 0 bridgehead atoms. The highest BCUT2D eigenvalue weighted by Crippen LogP contribution is 2.31. The van der Waals surface area contributed by atoms with E-state index in [4.69, 9.17) is 11.6 Å². The number of imidazole rings is 1. The molecule has 1 aromatic carbocycles. The highest BCUT2D eigenvalue weighted by atomic mass is 35.5. The zero-order valence-corrected chi connectivity index (χ0v) is 17.9. The van der Waals surface area contributed by atoms with Gasteiger partial charge in [0.1, 0.15) is 0 Å². The molecule has 0 aliphatic carbocycles. The van der Waals surface area contributed by atoms with Crippen molar-refractivity contribution in [2.24, 2.45) is 0 Å². The summed E-state index contributed by atoms with van der Waals surface area (Å²) in [4.78, 5) is 35.6. The fourth-order valence-electron chi connectivity index (χ4n) is 2.91. The number of amides is 2. The van der Waals surface area contributed by atoms with Gasteiger partial charge in [-0.05, 0) is 29.8 Å². The molecule has 4 rings (SSSR count).